The second kappa shape index (κ2) is 4.85. The van der Waals surface area contributed by atoms with E-state index in [4.69, 9.17) is 9.84 Å². The van der Waals surface area contributed by atoms with Crippen LogP contribution in [0.3, 0.4) is 0 Å². The van der Waals surface area contributed by atoms with Gasteiger partial charge in [-0.05, 0) is 24.3 Å². The summed E-state index contributed by atoms with van der Waals surface area (Å²) in [6.07, 6.45) is -0.809. The average molecular weight is 210 g/mol. The predicted octanol–water partition coefficient (Wildman–Crippen LogP) is 0.532. The molecule has 1 aromatic rings. The van der Waals surface area contributed by atoms with Gasteiger partial charge in [-0.3, -0.25) is 10.2 Å². The molecule has 0 radical (unpaired) electrons. The highest BCUT2D eigenvalue weighted by molar-refractivity contribution is 5.77. The number of benzene rings is 1. The average Bonchev–Trinajstić information content (AvgIpc) is 2.19. The summed E-state index contributed by atoms with van der Waals surface area (Å²) < 4.78 is 4.74. The third kappa shape index (κ3) is 3.99. The van der Waals surface area contributed by atoms with E-state index in [-0.39, 0.29) is 11.5 Å². The van der Waals surface area contributed by atoms with Crippen molar-refractivity contribution in [2.24, 2.45) is 0 Å². The van der Waals surface area contributed by atoms with Crippen LogP contribution in [0.5, 0.6) is 11.5 Å². The fourth-order valence-corrected chi connectivity index (χ4v) is 0.786. The number of aromatic hydroxyl groups is 1. The molecule has 3 N–H and O–H groups in total. The minimum Gasteiger partial charge on any atom is -0.508 e. The topological polar surface area (TPSA) is 87.7 Å². The minimum atomic E-state index is -0.809. The number of phenols is 1. The van der Waals surface area contributed by atoms with Crippen molar-refractivity contribution in [3.8, 4) is 11.5 Å². The number of amides is 2. The maximum atomic E-state index is 11.0. The lowest BCUT2D eigenvalue weighted by atomic mass is 10.3. The van der Waals surface area contributed by atoms with E-state index in [1.165, 1.54) is 31.2 Å². The molecule has 0 saturated heterocycles. The predicted molar refractivity (Wildman–Crippen MR) is 51.1 cm³/mol. The molecule has 1 aromatic carbocycles. The molecule has 0 aliphatic rings. The highest BCUT2D eigenvalue weighted by Gasteiger charge is 2.03. The van der Waals surface area contributed by atoms with Gasteiger partial charge in [0, 0.05) is 6.92 Å². The zero-order valence-corrected chi connectivity index (χ0v) is 7.98. The Labute approximate surface area is 85.8 Å². The van der Waals surface area contributed by atoms with E-state index < -0.39 is 12.0 Å². The quantitative estimate of drug-likeness (QED) is 0.590. The van der Waals surface area contributed by atoms with Gasteiger partial charge >= 0.3 is 6.09 Å². The minimum absolute atomic E-state index is 0.0737. The number of hydrazine groups is 1. The lowest BCUT2D eigenvalue weighted by Crippen LogP contribution is -2.41. The van der Waals surface area contributed by atoms with Crippen LogP contribution in [0.15, 0.2) is 24.3 Å². The Hall–Kier alpha value is -2.24. The van der Waals surface area contributed by atoms with Crippen LogP contribution >= 0.6 is 0 Å². The van der Waals surface area contributed by atoms with Crippen molar-refractivity contribution in [1.82, 2.24) is 10.9 Å². The van der Waals surface area contributed by atoms with E-state index in [1.54, 1.807) is 0 Å². The van der Waals surface area contributed by atoms with Gasteiger partial charge < -0.3 is 9.84 Å². The summed E-state index contributed by atoms with van der Waals surface area (Å²) >= 11 is 0. The van der Waals surface area contributed by atoms with Crippen LogP contribution in [0, 0.1) is 0 Å². The van der Waals surface area contributed by atoms with Crippen molar-refractivity contribution in [1.29, 1.82) is 0 Å². The van der Waals surface area contributed by atoms with Gasteiger partial charge in [0.2, 0.25) is 5.91 Å². The highest BCUT2D eigenvalue weighted by atomic mass is 16.6. The van der Waals surface area contributed by atoms with E-state index in [9.17, 15) is 9.59 Å². The zero-order valence-electron chi connectivity index (χ0n) is 7.98. The summed E-state index contributed by atoms with van der Waals surface area (Å²) in [6.45, 7) is 1.25. The molecular formula is C9H10N2O4. The van der Waals surface area contributed by atoms with Gasteiger partial charge in [0.25, 0.3) is 0 Å². The van der Waals surface area contributed by atoms with Gasteiger partial charge in [-0.25, -0.2) is 10.2 Å². The Morgan fingerprint density at radius 3 is 2.33 bits per heavy atom. The first kappa shape index (κ1) is 10.8. The number of hydrogen-bond acceptors (Lipinski definition) is 4. The van der Waals surface area contributed by atoms with Crippen LogP contribution in [-0.4, -0.2) is 17.1 Å². The molecule has 0 aliphatic heterocycles. The van der Waals surface area contributed by atoms with E-state index in [0.29, 0.717) is 0 Å². The Bertz CT molecular complexity index is 361. The summed E-state index contributed by atoms with van der Waals surface area (Å²) in [4.78, 5) is 21.4. The maximum absolute atomic E-state index is 11.0. The standard InChI is InChI=1S/C9H10N2O4/c1-6(12)10-11-9(14)15-8-4-2-7(13)3-5-8/h2-5,13H,1H3,(H,10,12)(H,11,14). The van der Waals surface area contributed by atoms with E-state index in [1.807, 2.05) is 5.43 Å². The van der Waals surface area contributed by atoms with Crippen LogP contribution in [0.25, 0.3) is 0 Å². The smallest absolute Gasteiger partial charge is 0.431 e. The second-order valence-electron chi connectivity index (χ2n) is 2.69. The van der Waals surface area contributed by atoms with Crippen molar-refractivity contribution in [2.75, 3.05) is 0 Å². The lowest BCUT2D eigenvalue weighted by molar-refractivity contribution is -0.119. The number of rotatable bonds is 1. The Kier molecular flexibility index (Phi) is 3.50. The Morgan fingerprint density at radius 2 is 1.80 bits per heavy atom. The molecule has 15 heavy (non-hydrogen) atoms. The molecule has 0 bridgehead atoms. The molecule has 6 heteroatoms. The molecule has 2 amide bonds. The molecule has 0 unspecified atom stereocenters. The van der Waals surface area contributed by atoms with Crippen molar-refractivity contribution in [2.45, 2.75) is 6.92 Å². The van der Waals surface area contributed by atoms with E-state index in [0.717, 1.165) is 0 Å². The summed E-state index contributed by atoms with van der Waals surface area (Å²) in [7, 11) is 0. The zero-order chi connectivity index (χ0) is 11.3. The monoisotopic (exact) mass is 210 g/mol. The third-order valence-electron chi connectivity index (χ3n) is 1.39. The Balaban J connectivity index is 2.44. The largest absolute Gasteiger partial charge is 0.508 e. The number of ether oxygens (including phenoxy) is 1. The number of nitrogens with one attached hydrogen (secondary N) is 2. The summed E-state index contributed by atoms with van der Waals surface area (Å²) in [5, 5.41) is 8.95. The maximum Gasteiger partial charge on any atom is 0.431 e. The fourth-order valence-electron chi connectivity index (χ4n) is 0.786. The molecule has 0 saturated carbocycles. The molecule has 0 aliphatic carbocycles. The van der Waals surface area contributed by atoms with Crippen molar-refractivity contribution >= 4 is 12.0 Å². The SMILES string of the molecule is CC(=O)NNC(=O)Oc1ccc(O)cc1. The number of carbonyl (C=O) groups excluding carboxylic acids is 2. The molecule has 0 atom stereocenters. The molecule has 0 aromatic heterocycles. The highest BCUT2D eigenvalue weighted by Crippen LogP contribution is 2.15. The Morgan fingerprint density at radius 1 is 1.20 bits per heavy atom. The number of hydrogen-bond donors (Lipinski definition) is 3. The first-order valence-corrected chi connectivity index (χ1v) is 4.11. The molecule has 80 valence electrons. The van der Waals surface area contributed by atoms with Crippen molar-refractivity contribution < 1.29 is 19.4 Å². The van der Waals surface area contributed by atoms with Gasteiger partial charge in [-0.2, -0.15) is 0 Å². The summed E-state index contributed by atoms with van der Waals surface area (Å²) in [6, 6.07) is 5.59. The van der Waals surface area contributed by atoms with Crippen LogP contribution in [0.1, 0.15) is 6.92 Å². The van der Waals surface area contributed by atoms with E-state index in [2.05, 4.69) is 5.43 Å². The van der Waals surface area contributed by atoms with Gasteiger partial charge in [0.15, 0.2) is 0 Å². The van der Waals surface area contributed by atoms with Crippen LogP contribution < -0.4 is 15.6 Å². The van der Waals surface area contributed by atoms with Gasteiger partial charge in [0.05, 0.1) is 0 Å². The molecule has 0 fully saturated rings. The van der Waals surface area contributed by atoms with Gasteiger partial charge in [-0.1, -0.05) is 0 Å². The van der Waals surface area contributed by atoms with E-state index >= 15 is 0 Å². The molecule has 0 heterocycles. The summed E-state index contributed by atoms with van der Waals surface area (Å²) in [5.41, 5.74) is 4.09. The van der Waals surface area contributed by atoms with Crippen molar-refractivity contribution in [3.05, 3.63) is 24.3 Å². The second-order valence-corrected chi connectivity index (χ2v) is 2.69. The lowest BCUT2D eigenvalue weighted by Gasteiger charge is -2.05. The first-order chi connectivity index (χ1) is 7.08. The third-order valence-corrected chi connectivity index (χ3v) is 1.39. The van der Waals surface area contributed by atoms with Gasteiger partial charge in [0.1, 0.15) is 11.5 Å². The normalized spacial score (nSPS) is 9.13. The molecule has 0 spiro atoms. The number of carbonyl (C=O) groups is 2. The molecule has 1 rings (SSSR count). The van der Waals surface area contributed by atoms with Crippen LogP contribution in [0.2, 0.25) is 0 Å². The summed E-state index contributed by atoms with van der Waals surface area (Å²) in [5.74, 6) is -0.0714. The van der Waals surface area contributed by atoms with Crippen molar-refractivity contribution in [3.63, 3.8) is 0 Å². The first-order valence-electron chi connectivity index (χ1n) is 4.11. The van der Waals surface area contributed by atoms with Crippen LogP contribution in [-0.2, 0) is 4.79 Å². The molecular weight excluding hydrogens is 200 g/mol. The molecule has 6 nitrogen and oxygen atoms in total. The van der Waals surface area contributed by atoms with Gasteiger partial charge in [-0.15, -0.1) is 0 Å². The fraction of sp³-hybridized carbons (Fsp3) is 0.111. The van der Waals surface area contributed by atoms with Crippen LogP contribution in [0.4, 0.5) is 4.79 Å². The number of phenolic OH excluding ortho intramolecular Hbond substituents is 1.